The summed E-state index contributed by atoms with van der Waals surface area (Å²) in [6.07, 6.45) is 0.656. The average molecular weight is 454 g/mol. The Morgan fingerprint density at radius 3 is 2.65 bits per heavy atom. The van der Waals surface area contributed by atoms with E-state index in [1.165, 1.54) is 11.3 Å². The van der Waals surface area contributed by atoms with Crippen LogP contribution in [0.25, 0.3) is 21.5 Å². The SMILES string of the molecule is COc1ccc(-c2csc(NC(=O)COC(=O)CCc3nc4ccccc4s3)n2)cc1. The zero-order valence-corrected chi connectivity index (χ0v) is 18.3. The Balaban J connectivity index is 1.23. The van der Waals surface area contributed by atoms with E-state index in [0.717, 1.165) is 32.2 Å². The van der Waals surface area contributed by atoms with Crippen molar-refractivity contribution in [1.82, 2.24) is 9.97 Å². The average Bonchev–Trinajstić information content (AvgIpc) is 3.43. The van der Waals surface area contributed by atoms with Gasteiger partial charge in [-0.3, -0.25) is 14.9 Å². The molecule has 2 aromatic heterocycles. The van der Waals surface area contributed by atoms with Gasteiger partial charge in [0, 0.05) is 17.4 Å². The number of benzene rings is 2. The molecule has 0 saturated carbocycles. The van der Waals surface area contributed by atoms with Crippen LogP contribution in [0.5, 0.6) is 5.75 Å². The number of nitrogens with zero attached hydrogens (tertiary/aromatic N) is 2. The van der Waals surface area contributed by atoms with Gasteiger partial charge in [-0.05, 0) is 36.4 Å². The lowest BCUT2D eigenvalue weighted by atomic mass is 10.2. The molecule has 4 aromatic rings. The van der Waals surface area contributed by atoms with Gasteiger partial charge in [-0.2, -0.15) is 0 Å². The summed E-state index contributed by atoms with van der Waals surface area (Å²) in [7, 11) is 1.61. The molecule has 1 N–H and O–H groups in total. The van der Waals surface area contributed by atoms with E-state index in [2.05, 4.69) is 15.3 Å². The van der Waals surface area contributed by atoms with Gasteiger partial charge in [-0.1, -0.05) is 12.1 Å². The third-order valence-corrected chi connectivity index (χ3v) is 6.24. The van der Waals surface area contributed by atoms with Gasteiger partial charge < -0.3 is 9.47 Å². The lowest BCUT2D eigenvalue weighted by Crippen LogP contribution is -2.21. The molecular weight excluding hydrogens is 434 g/mol. The number of hydrogen-bond donors (Lipinski definition) is 1. The summed E-state index contributed by atoms with van der Waals surface area (Å²) in [5.74, 6) is -0.103. The lowest BCUT2D eigenvalue weighted by molar-refractivity contribution is -0.147. The number of hydrogen-bond acceptors (Lipinski definition) is 8. The Kier molecular flexibility index (Phi) is 6.54. The fraction of sp³-hybridized carbons (Fsp3) is 0.182. The van der Waals surface area contributed by atoms with E-state index in [0.29, 0.717) is 11.6 Å². The van der Waals surface area contributed by atoms with E-state index in [-0.39, 0.29) is 13.0 Å². The Morgan fingerprint density at radius 2 is 1.87 bits per heavy atom. The van der Waals surface area contributed by atoms with Crippen LogP contribution in [0.3, 0.4) is 0 Å². The Morgan fingerprint density at radius 1 is 1.06 bits per heavy atom. The standard InChI is InChI=1S/C22H19N3O4S2/c1-28-15-8-6-14(7-9-15)17-13-30-22(24-17)25-19(26)12-29-21(27)11-10-20-23-16-4-2-3-5-18(16)31-20/h2-9,13H,10-12H2,1H3,(H,24,25,26). The van der Waals surface area contributed by atoms with Crippen LogP contribution in [0.15, 0.2) is 53.9 Å². The highest BCUT2D eigenvalue weighted by atomic mass is 32.1. The number of thiazole rings is 2. The second-order valence-corrected chi connectivity index (χ2v) is 8.52. The van der Waals surface area contributed by atoms with Crippen molar-refractivity contribution in [3.05, 3.63) is 58.9 Å². The fourth-order valence-corrected chi connectivity index (χ4v) is 4.54. The summed E-state index contributed by atoms with van der Waals surface area (Å²) < 4.78 is 11.3. The number of ether oxygens (including phenoxy) is 2. The first-order valence-electron chi connectivity index (χ1n) is 9.50. The van der Waals surface area contributed by atoms with Crippen molar-refractivity contribution >= 4 is 49.9 Å². The summed E-state index contributed by atoms with van der Waals surface area (Å²) in [6.45, 7) is -0.351. The second kappa shape index (κ2) is 9.67. The highest BCUT2D eigenvalue weighted by molar-refractivity contribution is 7.18. The van der Waals surface area contributed by atoms with Crippen molar-refractivity contribution in [3.63, 3.8) is 0 Å². The molecule has 1 amide bonds. The van der Waals surface area contributed by atoms with Gasteiger partial charge in [0.25, 0.3) is 5.91 Å². The first kappa shape index (κ1) is 21.0. The predicted octanol–water partition coefficient (Wildman–Crippen LogP) is 4.54. The predicted molar refractivity (Wildman–Crippen MR) is 122 cm³/mol. The van der Waals surface area contributed by atoms with Crippen LogP contribution < -0.4 is 10.1 Å². The molecule has 31 heavy (non-hydrogen) atoms. The van der Waals surface area contributed by atoms with E-state index in [1.807, 2.05) is 53.9 Å². The van der Waals surface area contributed by atoms with Gasteiger partial charge in [0.2, 0.25) is 0 Å². The molecule has 0 saturated heterocycles. The molecule has 9 heteroatoms. The molecule has 2 aromatic carbocycles. The highest BCUT2D eigenvalue weighted by Gasteiger charge is 2.12. The molecule has 2 heterocycles. The number of nitrogens with one attached hydrogen (secondary N) is 1. The number of anilines is 1. The molecule has 0 atom stereocenters. The van der Waals surface area contributed by atoms with Gasteiger partial charge in [0.15, 0.2) is 11.7 Å². The second-order valence-electron chi connectivity index (χ2n) is 6.55. The van der Waals surface area contributed by atoms with Crippen molar-refractivity contribution in [2.24, 2.45) is 0 Å². The Hall–Kier alpha value is -3.30. The van der Waals surface area contributed by atoms with Gasteiger partial charge in [0.05, 0.1) is 34.4 Å². The molecule has 7 nitrogen and oxygen atoms in total. The molecule has 0 aliphatic carbocycles. The van der Waals surface area contributed by atoms with Crippen LogP contribution in [-0.2, 0) is 20.7 Å². The molecule has 158 valence electrons. The van der Waals surface area contributed by atoms with Crippen LogP contribution in [0.4, 0.5) is 5.13 Å². The van der Waals surface area contributed by atoms with E-state index < -0.39 is 11.9 Å². The lowest BCUT2D eigenvalue weighted by Gasteiger charge is -2.04. The minimum atomic E-state index is -0.438. The van der Waals surface area contributed by atoms with Crippen molar-refractivity contribution in [1.29, 1.82) is 0 Å². The summed E-state index contributed by atoms with van der Waals surface area (Å²) >= 11 is 2.86. The zero-order valence-electron chi connectivity index (χ0n) is 16.7. The largest absolute Gasteiger partial charge is 0.497 e. The minimum Gasteiger partial charge on any atom is -0.497 e. The van der Waals surface area contributed by atoms with Crippen LogP contribution in [0, 0.1) is 0 Å². The summed E-state index contributed by atoms with van der Waals surface area (Å²) in [6, 6.07) is 15.3. The van der Waals surface area contributed by atoms with Gasteiger partial charge >= 0.3 is 5.97 Å². The summed E-state index contributed by atoms with van der Waals surface area (Å²) in [5.41, 5.74) is 2.59. The smallest absolute Gasteiger partial charge is 0.306 e. The van der Waals surface area contributed by atoms with Crippen LogP contribution >= 0.6 is 22.7 Å². The summed E-state index contributed by atoms with van der Waals surface area (Å²) in [4.78, 5) is 33.0. The molecule has 4 rings (SSSR count). The molecule has 0 fully saturated rings. The molecule has 0 aliphatic heterocycles. The monoisotopic (exact) mass is 453 g/mol. The molecule has 0 bridgehead atoms. The zero-order chi connectivity index (χ0) is 21.6. The van der Waals surface area contributed by atoms with Crippen LogP contribution in [0.1, 0.15) is 11.4 Å². The number of carbonyl (C=O) groups is 2. The van der Waals surface area contributed by atoms with Gasteiger partial charge in [0.1, 0.15) is 5.75 Å². The molecular formula is C22H19N3O4S2. The number of aryl methyl sites for hydroxylation is 1. The first-order valence-corrected chi connectivity index (χ1v) is 11.2. The Labute approximate surface area is 186 Å². The van der Waals surface area contributed by atoms with E-state index in [9.17, 15) is 9.59 Å². The molecule has 0 aliphatic rings. The maximum atomic E-state index is 12.1. The minimum absolute atomic E-state index is 0.173. The third kappa shape index (κ3) is 5.44. The topological polar surface area (TPSA) is 90.4 Å². The number of esters is 1. The van der Waals surface area contributed by atoms with Crippen LogP contribution in [-0.4, -0.2) is 35.6 Å². The first-order chi connectivity index (χ1) is 15.1. The van der Waals surface area contributed by atoms with Gasteiger partial charge in [-0.25, -0.2) is 9.97 Å². The Bertz CT molecular complexity index is 1170. The number of carbonyl (C=O) groups excluding carboxylic acids is 2. The number of amides is 1. The number of rotatable bonds is 8. The maximum absolute atomic E-state index is 12.1. The van der Waals surface area contributed by atoms with Gasteiger partial charge in [-0.15, -0.1) is 22.7 Å². The highest BCUT2D eigenvalue weighted by Crippen LogP contribution is 2.26. The molecule has 0 unspecified atom stereocenters. The van der Waals surface area contributed by atoms with E-state index in [4.69, 9.17) is 9.47 Å². The molecule has 0 radical (unpaired) electrons. The van der Waals surface area contributed by atoms with Crippen molar-refractivity contribution in [2.75, 3.05) is 19.0 Å². The molecule has 0 spiro atoms. The van der Waals surface area contributed by atoms with Crippen molar-refractivity contribution in [2.45, 2.75) is 12.8 Å². The van der Waals surface area contributed by atoms with Crippen LogP contribution in [0.2, 0.25) is 0 Å². The van der Waals surface area contributed by atoms with Crippen molar-refractivity contribution < 1.29 is 19.1 Å². The van der Waals surface area contributed by atoms with E-state index >= 15 is 0 Å². The fourth-order valence-electron chi connectivity index (χ4n) is 2.83. The summed E-state index contributed by atoms with van der Waals surface area (Å²) in [5, 5.41) is 5.82. The number of aromatic nitrogens is 2. The number of fused-ring (bicyclic) bond motifs is 1. The number of para-hydroxylation sites is 1. The van der Waals surface area contributed by atoms with Crippen molar-refractivity contribution in [3.8, 4) is 17.0 Å². The maximum Gasteiger partial charge on any atom is 0.306 e. The van der Waals surface area contributed by atoms with E-state index in [1.54, 1.807) is 18.4 Å². The quantitative estimate of drug-likeness (QED) is 0.394. The third-order valence-electron chi connectivity index (χ3n) is 4.38. The normalized spacial score (nSPS) is 10.7. The number of methoxy groups -OCH3 is 1.